The van der Waals surface area contributed by atoms with E-state index in [1.54, 1.807) is 45.2 Å². The molecule has 1 atom stereocenters. The summed E-state index contributed by atoms with van der Waals surface area (Å²) in [5.41, 5.74) is 1.97. The van der Waals surface area contributed by atoms with Crippen molar-refractivity contribution in [1.29, 1.82) is 0 Å². The number of allylic oxidation sites excluding steroid dienone is 1. The molecule has 7 heteroatoms. The molecule has 3 amide bonds. The highest BCUT2D eigenvalue weighted by molar-refractivity contribution is 6.02. The molecule has 156 valence electrons. The van der Waals surface area contributed by atoms with Crippen LogP contribution in [0.5, 0.6) is 5.75 Å². The zero-order valence-corrected chi connectivity index (χ0v) is 17.2. The topological polar surface area (TPSA) is 84.9 Å². The van der Waals surface area contributed by atoms with Gasteiger partial charge in [0.2, 0.25) is 5.91 Å². The summed E-state index contributed by atoms with van der Waals surface area (Å²) in [5.74, 6) is -0.373. The normalized spacial score (nSPS) is 16.2. The number of nitrogens with zero attached hydrogens (tertiary/aromatic N) is 1. The van der Waals surface area contributed by atoms with Crippen LogP contribution >= 0.6 is 0 Å². The molecule has 1 N–H and O–H groups in total. The fraction of sp³-hybridized carbons (Fsp3) is 0.261. The standard InChI is InChI=1S/C23H24N2O5/c1-4-30-22(27)20-15(2)24-23(28)25(19(26)14-16-8-6-5-7-9-16)21(20)17-10-12-18(29-3)13-11-17/h5-13,21H,4,14H2,1-3H3,(H,24,28)/t21-/m0/s1. The molecule has 1 aliphatic rings. The number of ether oxygens (including phenoxy) is 2. The molecule has 0 radical (unpaired) electrons. The Morgan fingerprint density at radius 3 is 2.33 bits per heavy atom. The number of nitrogens with one attached hydrogen (secondary N) is 1. The number of imide groups is 1. The molecule has 2 aromatic rings. The van der Waals surface area contributed by atoms with Crippen LogP contribution in [0.3, 0.4) is 0 Å². The summed E-state index contributed by atoms with van der Waals surface area (Å²) < 4.78 is 10.4. The Kier molecular flexibility index (Phi) is 6.51. The number of esters is 1. The van der Waals surface area contributed by atoms with Crippen molar-refractivity contribution in [3.63, 3.8) is 0 Å². The molecule has 0 fully saturated rings. The van der Waals surface area contributed by atoms with Crippen molar-refractivity contribution in [2.45, 2.75) is 26.3 Å². The quantitative estimate of drug-likeness (QED) is 0.741. The van der Waals surface area contributed by atoms with Crippen molar-refractivity contribution in [2.24, 2.45) is 0 Å². The molecular formula is C23H24N2O5. The maximum atomic E-state index is 13.2. The van der Waals surface area contributed by atoms with Crippen molar-refractivity contribution in [2.75, 3.05) is 13.7 Å². The molecule has 30 heavy (non-hydrogen) atoms. The van der Waals surface area contributed by atoms with E-state index >= 15 is 0 Å². The van der Waals surface area contributed by atoms with Gasteiger partial charge >= 0.3 is 12.0 Å². The minimum atomic E-state index is -0.903. The molecule has 1 heterocycles. The molecule has 0 spiro atoms. The van der Waals surface area contributed by atoms with E-state index < -0.39 is 23.9 Å². The van der Waals surface area contributed by atoms with Crippen molar-refractivity contribution >= 4 is 17.9 Å². The van der Waals surface area contributed by atoms with Gasteiger partial charge in [-0.3, -0.25) is 9.69 Å². The minimum absolute atomic E-state index is 0.0239. The lowest BCUT2D eigenvalue weighted by Gasteiger charge is -2.36. The van der Waals surface area contributed by atoms with E-state index in [0.717, 1.165) is 10.5 Å². The van der Waals surface area contributed by atoms with Crippen LogP contribution in [0, 0.1) is 0 Å². The van der Waals surface area contributed by atoms with Crippen LogP contribution in [0.25, 0.3) is 0 Å². The van der Waals surface area contributed by atoms with Gasteiger partial charge in [-0.15, -0.1) is 0 Å². The first-order valence-electron chi connectivity index (χ1n) is 9.65. The van der Waals surface area contributed by atoms with Crippen LogP contribution in [0.1, 0.15) is 31.0 Å². The Hall–Kier alpha value is -3.61. The van der Waals surface area contributed by atoms with Crippen LogP contribution < -0.4 is 10.1 Å². The highest BCUT2D eigenvalue weighted by Crippen LogP contribution is 2.35. The van der Waals surface area contributed by atoms with Gasteiger partial charge in [0.25, 0.3) is 0 Å². The number of rotatable bonds is 6. The lowest BCUT2D eigenvalue weighted by atomic mass is 9.93. The van der Waals surface area contributed by atoms with Gasteiger partial charge < -0.3 is 14.8 Å². The number of urea groups is 1. The Balaban J connectivity index is 2.06. The number of hydrogen-bond acceptors (Lipinski definition) is 5. The Morgan fingerprint density at radius 2 is 1.73 bits per heavy atom. The van der Waals surface area contributed by atoms with E-state index in [0.29, 0.717) is 17.0 Å². The molecule has 1 aliphatic heterocycles. The maximum absolute atomic E-state index is 13.2. The number of methoxy groups -OCH3 is 1. The number of carbonyl (C=O) groups excluding carboxylic acids is 3. The third kappa shape index (κ3) is 4.35. The Morgan fingerprint density at radius 1 is 1.07 bits per heavy atom. The van der Waals surface area contributed by atoms with Gasteiger partial charge in [-0.1, -0.05) is 42.5 Å². The summed E-state index contributed by atoms with van der Waals surface area (Å²) in [5, 5.41) is 2.63. The zero-order valence-electron chi connectivity index (χ0n) is 17.2. The number of benzene rings is 2. The van der Waals surface area contributed by atoms with E-state index in [-0.39, 0.29) is 18.6 Å². The van der Waals surface area contributed by atoms with E-state index in [9.17, 15) is 14.4 Å². The number of carbonyl (C=O) groups is 3. The minimum Gasteiger partial charge on any atom is -0.497 e. The fourth-order valence-electron chi connectivity index (χ4n) is 3.43. The molecule has 0 saturated carbocycles. The molecule has 0 saturated heterocycles. The highest BCUT2D eigenvalue weighted by atomic mass is 16.5. The van der Waals surface area contributed by atoms with Gasteiger partial charge in [-0.25, -0.2) is 9.59 Å². The second-order valence-electron chi connectivity index (χ2n) is 6.79. The van der Waals surface area contributed by atoms with E-state index in [2.05, 4.69) is 5.32 Å². The fourth-order valence-corrected chi connectivity index (χ4v) is 3.43. The SMILES string of the molecule is CCOC(=O)C1=C(C)NC(=O)N(C(=O)Cc2ccccc2)[C@H]1c1ccc(OC)cc1. The van der Waals surface area contributed by atoms with Gasteiger partial charge in [0.05, 0.1) is 25.7 Å². The average Bonchev–Trinajstić information content (AvgIpc) is 2.74. The first-order chi connectivity index (χ1) is 14.5. The van der Waals surface area contributed by atoms with Crippen molar-refractivity contribution < 1.29 is 23.9 Å². The largest absolute Gasteiger partial charge is 0.497 e. The summed E-state index contributed by atoms with van der Waals surface area (Å²) in [6, 6.07) is 14.6. The van der Waals surface area contributed by atoms with Gasteiger partial charge in [-0.05, 0) is 37.1 Å². The molecule has 2 aromatic carbocycles. The second-order valence-corrected chi connectivity index (χ2v) is 6.79. The lowest BCUT2D eigenvalue weighted by Crippen LogP contribution is -2.51. The lowest BCUT2D eigenvalue weighted by molar-refractivity contribution is -0.140. The summed E-state index contributed by atoms with van der Waals surface area (Å²) in [6.07, 6.45) is 0.0239. The average molecular weight is 408 g/mol. The smallest absolute Gasteiger partial charge is 0.338 e. The molecule has 0 aliphatic carbocycles. The first-order valence-corrected chi connectivity index (χ1v) is 9.65. The maximum Gasteiger partial charge on any atom is 0.338 e. The van der Waals surface area contributed by atoms with Gasteiger partial charge in [0.15, 0.2) is 0 Å². The van der Waals surface area contributed by atoms with Crippen LogP contribution in [0.4, 0.5) is 4.79 Å². The monoisotopic (exact) mass is 408 g/mol. The summed E-state index contributed by atoms with van der Waals surface area (Å²) in [7, 11) is 1.55. The molecule has 7 nitrogen and oxygen atoms in total. The predicted octanol–water partition coefficient (Wildman–Crippen LogP) is 3.37. The summed E-state index contributed by atoms with van der Waals surface area (Å²) in [4.78, 5) is 39.9. The molecule has 0 bridgehead atoms. The molecule has 3 rings (SSSR count). The second kappa shape index (κ2) is 9.26. The number of hydrogen-bond donors (Lipinski definition) is 1. The van der Waals surface area contributed by atoms with E-state index in [4.69, 9.17) is 9.47 Å². The van der Waals surface area contributed by atoms with E-state index in [1.807, 2.05) is 30.3 Å². The van der Waals surface area contributed by atoms with Gasteiger partial charge in [0, 0.05) is 5.70 Å². The predicted molar refractivity (Wildman–Crippen MR) is 111 cm³/mol. The molecule has 0 aromatic heterocycles. The van der Waals surface area contributed by atoms with E-state index in [1.165, 1.54) is 0 Å². The van der Waals surface area contributed by atoms with Crippen molar-refractivity contribution in [1.82, 2.24) is 10.2 Å². The van der Waals surface area contributed by atoms with Crippen LogP contribution in [0.2, 0.25) is 0 Å². The van der Waals surface area contributed by atoms with Crippen LogP contribution in [-0.2, 0) is 20.7 Å². The van der Waals surface area contributed by atoms with Crippen LogP contribution in [0.15, 0.2) is 65.9 Å². The third-order valence-electron chi connectivity index (χ3n) is 4.84. The van der Waals surface area contributed by atoms with Crippen LogP contribution in [-0.4, -0.2) is 36.5 Å². The third-order valence-corrected chi connectivity index (χ3v) is 4.84. The summed E-state index contributed by atoms with van der Waals surface area (Å²) in [6.45, 7) is 3.51. The first kappa shape index (κ1) is 21.1. The van der Waals surface area contributed by atoms with Crippen molar-refractivity contribution in [3.05, 3.63) is 77.0 Å². The zero-order chi connectivity index (χ0) is 21.7. The highest BCUT2D eigenvalue weighted by Gasteiger charge is 2.41. The van der Waals surface area contributed by atoms with Crippen molar-refractivity contribution in [3.8, 4) is 5.75 Å². The summed E-state index contributed by atoms with van der Waals surface area (Å²) >= 11 is 0. The Bertz CT molecular complexity index is 967. The van der Waals surface area contributed by atoms with Gasteiger partial charge in [0.1, 0.15) is 11.8 Å². The Labute approximate surface area is 175 Å². The molecular weight excluding hydrogens is 384 g/mol. The van der Waals surface area contributed by atoms with Gasteiger partial charge in [-0.2, -0.15) is 0 Å². The molecule has 0 unspecified atom stereocenters. The number of amides is 3.